The minimum atomic E-state index is -0.107. The Balaban J connectivity index is 2.14. The lowest BCUT2D eigenvalue weighted by molar-refractivity contribution is 0.122. The van der Waals surface area contributed by atoms with Crippen LogP contribution in [0.1, 0.15) is 33.1 Å². The van der Waals surface area contributed by atoms with Gasteiger partial charge >= 0.3 is 0 Å². The van der Waals surface area contributed by atoms with Gasteiger partial charge in [-0.3, -0.25) is 0 Å². The number of hydrogen-bond acceptors (Lipinski definition) is 4. The summed E-state index contributed by atoms with van der Waals surface area (Å²) in [4.78, 5) is 5.11. The van der Waals surface area contributed by atoms with Crippen LogP contribution >= 0.6 is 0 Å². The Morgan fingerprint density at radius 3 is 2.11 bits per heavy atom. The van der Waals surface area contributed by atoms with Crippen molar-refractivity contribution in [3.05, 3.63) is 0 Å². The Kier molecular flexibility index (Phi) is 7.15. The molecule has 1 rings (SSSR count). The lowest BCUT2D eigenvalue weighted by Crippen LogP contribution is -2.47. The average molecular weight is 257 g/mol. The summed E-state index contributed by atoms with van der Waals surface area (Å²) in [5.74, 6) is 0. The Morgan fingerprint density at radius 2 is 1.67 bits per heavy atom. The fourth-order valence-corrected chi connectivity index (χ4v) is 2.53. The maximum absolute atomic E-state index is 9.33. The zero-order valence-electron chi connectivity index (χ0n) is 12.4. The SMILES string of the molecule is CCCN1CCN(CCCC(C)(CO)NC)CC1. The number of aliphatic hydroxyl groups is 1. The van der Waals surface area contributed by atoms with Crippen LogP contribution in [0.25, 0.3) is 0 Å². The molecule has 1 aliphatic rings. The summed E-state index contributed by atoms with van der Waals surface area (Å²) in [6, 6.07) is 0. The van der Waals surface area contributed by atoms with Crippen LogP contribution in [0.4, 0.5) is 0 Å². The lowest BCUT2D eigenvalue weighted by Gasteiger charge is -2.35. The normalized spacial score (nSPS) is 22.0. The van der Waals surface area contributed by atoms with Crippen molar-refractivity contribution in [2.75, 3.05) is 52.9 Å². The second-order valence-electron chi connectivity index (χ2n) is 5.76. The highest BCUT2D eigenvalue weighted by molar-refractivity contribution is 4.81. The summed E-state index contributed by atoms with van der Waals surface area (Å²) < 4.78 is 0. The first-order valence-electron chi connectivity index (χ1n) is 7.38. The summed E-state index contributed by atoms with van der Waals surface area (Å²) in [6.45, 7) is 11.8. The van der Waals surface area contributed by atoms with Gasteiger partial charge in [0.1, 0.15) is 0 Å². The van der Waals surface area contributed by atoms with E-state index in [1.165, 1.54) is 39.1 Å². The monoisotopic (exact) mass is 257 g/mol. The summed E-state index contributed by atoms with van der Waals surface area (Å²) in [7, 11) is 1.93. The second kappa shape index (κ2) is 8.10. The first-order chi connectivity index (χ1) is 8.63. The zero-order chi connectivity index (χ0) is 13.4. The molecule has 0 aromatic rings. The Morgan fingerprint density at radius 1 is 1.11 bits per heavy atom. The summed E-state index contributed by atoms with van der Waals surface area (Å²) >= 11 is 0. The number of rotatable bonds is 8. The van der Waals surface area contributed by atoms with Crippen LogP contribution in [0.15, 0.2) is 0 Å². The van der Waals surface area contributed by atoms with E-state index in [-0.39, 0.29) is 12.1 Å². The topological polar surface area (TPSA) is 38.7 Å². The molecule has 1 fully saturated rings. The molecule has 0 bridgehead atoms. The van der Waals surface area contributed by atoms with Gasteiger partial charge in [-0.1, -0.05) is 6.92 Å². The Labute approximate surface area is 112 Å². The predicted molar refractivity (Wildman–Crippen MR) is 77.0 cm³/mol. The molecule has 0 radical (unpaired) electrons. The standard InChI is InChI=1S/C14H31N3O/c1-4-7-16-9-11-17(12-10-16)8-5-6-14(2,13-18)15-3/h15,18H,4-13H2,1-3H3. The largest absolute Gasteiger partial charge is 0.394 e. The Hall–Kier alpha value is -0.160. The molecule has 0 spiro atoms. The Bertz CT molecular complexity index is 211. The van der Waals surface area contributed by atoms with E-state index >= 15 is 0 Å². The first kappa shape index (κ1) is 15.9. The average Bonchev–Trinajstić information content (AvgIpc) is 2.41. The van der Waals surface area contributed by atoms with E-state index in [1.54, 1.807) is 0 Å². The van der Waals surface area contributed by atoms with Crippen LogP contribution in [-0.2, 0) is 0 Å². The fraction of sp³-hybridized carbons (Fsp3) is 1.00. The number of nitrogens with one attached hydrogen (secondary N) is 1. The van der Waals surface area contributed by atoms with Crippen molar-refractivity contribution in [3.8, 4) is 0 Å². The number of nitrogens with zero attached hydrogens (tertiary/aromatic N) is 2. The number of aliphatic hydroxyl groups excluding tert-OH is 1. The molecule has 0 aromatic heterocycles. The molecule has 1 saturated heterocycles. The smallest absolute Gasteiger partial charge is 0.0610 e. The molecule has 0 aliphatic carbocycles. The maximum Gasteiger partial charge on any atom is 0.0610 e. The number of piperazine rings is 1. The van der Waals surface area contributed by atoms with E-state index in [4.69, 9.17) is 0 Å². The third kappa shape index (κ3) is 5.22. The predicted octanol–water partition coefficient (Wildman–Crippen LogP) is 0.765. The van der Waals surface area contributed by atoms with Gasteiger partial charge in [-0.15, -0.1) is 0 Å². The van der Waals surface area contributed by atoms with Crippen molar-refractivity contribution in [3.63, 3.8) is 0 Å². The van der Waals surface area contributed by atoms with Gasteiger partial charge in [0.15, 0.2) is 0 Å². The van der Waals surface area contributed by atoms with Crippen LogP contribution in [0, 0.1) is 0 Å². The molecule has 108 valence electrons. The summed E-state index contributed by atoms with van der Waals surface area (Å²) in [5.41, 5.74) is -0.107. The molecule has 1 atom stereocenters. The molecule has 1 heterocycles. The van der Waals surface area contributed by atoms with Crippen LogP contribution in [0.2, 0.25) is 0 Å². The number of hydrogen-bond donors (Lipinski definition) is 2. The van der Waals surface area contributed by atoms with E-state index in [0.29, 0.717) is 0 Å². The molecule has 1 unspecified atom stereocenters. The van der Waals surface area contributed by atoms with Crippen molar-refractivity contribution >= 4 is 0 Å². The van der Waals surface area contributed by atoms with Crippen LogP contribution in [0.5, 0.6) is 0 Å². The second-order valence-corrected chi connectivity index (χ2v) is 5.76. The van der Waals surface area contributed by atoms with Crippen molar-refractivity contribution in [2.24, 2.45) is 0 Å². The van der Waals surface area contributed by atoms with Crippen LogP contribution in [0.3, 0.4) is 0 Å². The van der Waals surface area contributed by atoms with Crippen molar-refractivity contribution in [1.29, 1.82) is 0 Å². The van der Waals surface area contributed by atoms with Crippen LogP contribution in [-0.4, -0.2) is 73.4 Å². The highest BCUT2D eigenvalue weighted by atomic mass is 16.3. The third-order valence-electron chi connectivity index (χ3n) is 4.16. The summed E-state index contributed by atoms with van der Waals surface area (Å²) in [5, 5.41) is 12.5. The lowest BCUT2D eigenvalue weighted by atomic mass is 9.97. The van der Waals surface area contributed by atoms with Gasteiger partial charge in [-0.2, -0.15) is 0 Å². The quantitative estimate of drug-likeness (QED) is 0.673. The number of likely N-dealkylation sites (N-methyl/N-ethyl adjacent to an activating group) is 1. The molecule has 1 aliphatic heterocycles. The third-order valence-corrected chi connectivity index (χ3v) is 4.16. The van der Waals surface area contributed by atoms with E-state index in [0.717, 1.165) is 19.4 Å². The molecule has 18 heavy (non-hydrogen) atoms. The van der Waals surface area contributed by atoms with Crippen molar-refractivity contribution < 1.29 is 5.11 Å². The van der Waals surface area contributed by atoms with Crippen LogP contribution < -0.4 is 5.32 Å². The molecule has 4 heteroatoms. The van der Waals surface area contributed by atoms with Gasteiger partial charge in [0.05, 0.1) is 6.61 Å². The van der Waals surface area contributed by atoms with Gasteiger partial charge in [-0.05, 0) is 46.3 Å². The van der Waals surface area contributed by atoms with Crippen molar-refractivity contribution in [1.82, 2.24) is 15.1 Å². The highest BCUT2D eigenvalue weighted by Gasteiger charge is 2.21. The molecule has 0 aromatic carbocycles. The van der Waals surface area contributed by atoms with E-state index in [9.17, 15) is 5.11 Å². The molecule has 2 N–H and O–H groups in total. The molecular formula is C14H31N3O. The van der Waals surface area contributed by atoms with E-state index in [2.05, 4.69) is 29.0 Å². The molecular weight excluding hydrogens is 226 g/mol. The maximum atomic E-state index is 9.33. The van der Waals surface area contributed by atoms with Gasteiger partial charge in [0.2, 0.25) is 0 Å². The minimum Gasteiger partial charge on any atom is -0.394 e. The van der Waals surface area contributed by atoms with Gasteiger partial charge < -0.3 is 20.2 Å². The van der Waals surface area contributed by atoms with Gasteiger partial charge in [-0.25, -0.2) is 0 Å². The molecule has 4 nitrogen and oxygen atoms in total. The molecule has 0 saturated carbocycles. The van der Waals surface area contributed by atoms with Crippen molar-refractivity contribution in [2.45, 2.75) is 38.6 Å². The highest BCUT2D eigenvalue weighted by Crippen LogP contribution is 2.12. The van der Waals surface area contributed by atoms with Gasteiger partial charge in [0, 0.05) is 31.7 Å². The first-order valence-corrected chi connectivity index (χ1v) is 7.38. The van der Waals surface area contributed by atoms with E-state index in [1.807, 2.05) is 7.05 Å². The molecule has 0 amide bonds. The van der Waals surface area contributed by atoms with Gasteiger partial charge in [0.25, 0.3) is 0 Å². The summed E-state index contributed by atoms with van der Waals surface area (Å²) in [6.07, 6.45) is 3.46. The fourth-order valence-electron chi connectivity index (χ4n) is 2.53. The zero-order valence-corrected chi connectivity index (χ0v) is 12.4. The van der Waals surface area contributed by atoms with E-state index < -0.39 is 0 Å². The minimum absolute atomic E-state index is 0.107.